The molecule has 3 heterocycles. The molecule has 1 aromatic carbocycles. The Bertz CT molecular complexity index is 1140. The highest BCUT2D eigenvalue weighted by molar-refractivity contribution is 5.89. The van der Waals surface area contributed by atoms with Crippen LogP contribution in [-0.4, -0.2) is 26.0 Å². The van der Waals surface area contributed by atoms with Crippen LogP contribution in [0.1, 0.15) is 11.1 Å². The first kappa shape index (κ1) is 19.3. The summed E-state index contributed by atoms with van der Waals surface area (Å²) in [7, 11) is 0. The van der Waals surface area contributed by atoms with E-state index in [0.717, 1.165) is 23.5 Å². The van der Waals surface area contributed by atoms with Gasteiger partial charge in [-0.1, -0.05) is 18.2 Å². The lowest BCUT2D eigenvalue weighted by Crippen LogP contribution is -2.05. The van der Waals surface area contributed by atoms with Gasteiger partial charge in [-0.25, -0.2) is 9.67 Å². The Morgan fingerprint density at radius 3 is 2.47 bits per heavy atom. The van der Waals surface area contributed by atoms with E-state index in [1.807, 2.05) is 48.7 Å². The smallest absolute Gasteiger partial charge is 0.264 e. The zero-order valence-corrected chi connectivity index (χ0v) is 15.5. The summed E-state index contributed by atoms with van der Waals surface area (Å²) in [6, 6.07) is 15.4. The molecular formula is C21H15F3N6. The van der Waals surface area contributed by atoms with E-state index in [2.05, 4.69) is 25.6 Å². The second-order valence-electron chi connectivity index (χ2n) is 6.25. The van der Waals surface area contributed by atoms with E-state index in [4.69, 9.17) is 0 Å². The van der Waals surface area contributed by atoms with Crippen LogP contribution in [0.5, 0.6) is 0 Å². The first-order chi connectivity index (χ1) is 14.5. The zero-order chi connectivity index (χ0) is 21.0. The number of pyridine rings is 2. The Morgan fingerprint density at radius 1 is 0.967 bits per heavy atom. The van der Waals surface area contributed by atoms with Gasteiger partial charge in [-0.2, -0.15) is 23.4 Å². The van der Waals surface area contributed by atoms with Crippen molar-refractivity contribution in [2.75, 3.05) is 5.43 Å². The zero-order valence-electron chi connectivity index (χ0n) is 15.5. The molecule has 4 rings (SSSR count). The van der Waals surface area contributed by atoms with Crippen LogP contribution >= 0.6 is 0 Å². The maximum Gasteiger partial charge on any atom is 0.417 e. The maximum absolute atomic E-state index is 12.6. The highest BCUT2D eigenvalue weighted by Crippen LogP contribution is 2.29. The van der Waals surface area contributed by atoms with Gasteiger partial charge in [0.2, 0.25) is 0 Å². The summed E-state index contributed by atoms with van der Waals surface area (Å²) >= 11 is 0. The summed E-state index contributed by atoms with van der Waals surface area (Å²) in [6.45, 7) is 0. The minimum absolute atomic E-state index is 0.192. The number of nitrogens with zero attached hydrogens (tertiary/aromatic N) is 5. The third-order valence-corrected chi connectivity index (χ3v) is 4.17. The fourth-order valence-corrected chi connectivity index (χ4v) is 2.72. The van der Waals surface area contributed by atoms with Crippen LogP contribution in [0.3, 0.4) is 0 Å². The maximum atomic E-state index is 12.6. The van der Waals surface area contributed by atoms with Gasteiger partial charge in [0, 0.05) is 35.9 Å². The lowest BCUT2D eigenvalue weighted by molar-refractivity contribution is -0.137. The van der Waals surface area contributed by atoms with Crippen LogP contribution < -0.4 is 5.43 Å². The molecule has 0 saturated carbocycles. The third-order valence-electron chi connectivity index (χ3n) is 4.17. The molecular weight excluding hydrogens is 393 g/mol. The summed E-state index contributed by atoms with van der Waals surface area (Å²) < 4.78 is 39.6. The Labute approximate surface area is 169 Å². The van der Waals surface area contributed by atoms with Crippen LogP contribution in [0.4, 0.5) is 19.0 Å². The quantitative estimate of drug-likeness (QED) is 0.381. The van der Waals surface area contributed by atoms with E-state index < -0.39 is 11.7 Å². The molecule has 3 aromatic heterocycles. The number of hydrogen-bond acceptors (Lipinski definition) is 5. The van der Waals surface area contributed by atoms with Crippen molar-refractivity contribution in [3.8, 4) is 16.9 Å². The van der Waals surface area contributed by atoms with Crippen LogP contribution in [0.15, 0.2) is 84.5 Å². The van der Waals surface area contributed by atoms with E-state index in [9.17, 15) is 13.2 Å². The summed E-state index contributed by atoms with van der Waals surface area (Å²) in [6.07, 6.45) is 3.03. The SMILES string of the molecule is FC(F)(F)c1ccc(N/N=C\c2cn(-c3ccccc3)nc2-c2cccnc2)nc1. The van der Waals surface area contributed by atoms with E-state index >= 15 is 0 Å². The van der Waals surface area contributed by atoms with E-state index in [1.54, 1.807) is 17.1 Å². The molecule has 0 fully saturated rings. The molecule has 0 bridgehead atoms. The van der Waals surface area contributed by atoms with Crippen LogP contribution in [0.2, 0.25) is 0 Å². The molecule has 0 spiro atoms. The third kappa shape index (κ3) is 4.35. The number of halogens is 3. The molecule has 1 N–H and O–H groups in total. The van der Waals surface area contributed by atoms with Gasteiger partial charge in [-0.3, -0.25) is 10.4 Å². The van der Waals surface area contributed by atoms with Crippen LogP contribution in [0, 0.1) is 0 Å². The number of benzene rings is 1. The molecule has 0 unspecified atom stereocenters. The highest BCUT2D eigenvalue weighted by Gasteiger charge is 2.30. The number of nitrogens with one attached hydrogen (secondary N) is 1. The summed E-state index contributed by atoms with van der Waals surface area (Å²) in [5.41, 5.74) is 4.86. The van der Waals surface area contributed by atoms with E-state index in [-0.39, 0.29) is 5.82 Å². The monoisotopic (exact) mass is 408 g/mol. The van der Waals surface area contributed by atoms with Crippen molar-refractivity contribution in [2.45, 2.75) is 6.18 Å². The van der Waals surface area contributed by atoms with Gasteiger partial charge in [0.25, 0.3) is 0 Å². The van der Waals surface area contributed by atoms with Gasteiger partial charge in [-0.05, 0) is 36.4 Å². The number of aromatic nitrogens is 4. The predicted molar refractivity (Wildman–Crippen MR) is 107 cm³/mol. The molecule has 6 nitrogen and oxygen atoms in total. The summed E-state index contributed by atoms with van der Waals surface area (Å²) in [5.74, 6) is 0.192. The molecule has 0 aliphatic carbocycles. The van der Waals surface area contributed by atoms with E-state index in [0.29, 0.717) is 11.3 Å². The molecule has 0 atom stereocenters. The summed E-state index contributed by atoms with van der Waals surface area (Å²) in [5, 5.41) is 8.74. The van der Waals surface area contributed by atoms with Crippen molar-refractivity contribution in [3.63, 3.8) is 0 Å². The molecule has 9 heteroatoms. The van der Waals surface area contributed by atoms with Gasteiger partial charge in [0.05, 0.1) is 17.5 Å². The lowest BCUT2D eigenvalue weighted by atomic mass is 10.1. The number of hydrazone groups is 1. The van der Waals surface area contributed by atoms with Gasteiger partial charge >= 0.3 is 6.18 Å². The molecule has 30 heavy (non-hydrogen) atoms. The van der Waals surface area contributed by atoms with Crippen molar-refractivity contribution in [3.05, 3.63) is 90.5 Å². The minimum Gasteiger partial charge on any atom is -0.264 e. The number of rotatable bonds is 5. The van der Waals surface area contributed by atoms with Crippen molar-refractivity contribution in [1.82, 2.24) is 19.7 Å². The standard InChI is InChI=1S/C21H15F3N6/c22-21(23,24)17-8-9-19(26-13-17)28-27-12-16-14-30(18-6-2-1-3-7-18)29-20(16)15-5-4-10-25-11-15/h1-14H,(H,26,28)/b27-12-. The number of anilines is 1. The predicted octanol–water partition coefficient (Wildman–Crippen LogP) is 4.79. The summed E-state index contributed by atoms with van der Waals surface area (Å²) in [4.78, 5) is 7.86. The molecule has 0 amide bonds. The number of alkyl halides is 3. The Balaban J connectivity index is 1.60. The van der Waals surface area contributed by atoms with E-state index in [1.165, 1.54) is 12.3 Å². The van der Waals surface area contributed by atoms with Crippen molar-refractivity contribution in [1.29, 1.82) is 0 Å². The average molecular weight is 408 g/mol. The van der Waals surface area contributed by atoms with Crippen LogP contribution in [0.25, 0.3) is 16.9 Å². The lowest BCUT2D eigenvalue weighted by Gasteiger charge is -2.06. The molecule has 0 saturated heterocycles. The fourth-order valence-electron chi connectivity index (χ4n) is 2.72. The number of para-hydroxylation sites is 1. The second-order valence-corrected chi connectivity index (χ2v) is 6.25. The van der Waals surface area contributed by atoms with Crippen molar-refractivity contribution < 1.29 is 13.2 Å². The first-order valence-electron chi connectivity index (χ1n) is 8.88. The van der Waals surface area contributed by atoms with Crippen molar-refractivity contribution in [2.24, 2.45) is 5.10 Å². The van der Waals surface area contributed by atoms with Gasteiger partial charge in [0.1, 0.15) is 11.5 Å². The Hall–Kier alpha value is -4.01. The molecule has 150 valence electrons. The molecule has 4 aromatic rings. The Morgan fingerprint density at radius 2 is 1.80 bits per heavy atom. The fraction of sp³-hybridized carbons (Fsp3) is 0.0476. The normalized spacial score (nSPS) is 11.7. The average Bonchev–Trinajstić information content (AvgIpc) is 3.19. The molecule has 0 radical (unpaired) electrons. The van der Waals surface area contributed by atoms with Gasteiger partial charge in [-0.15, -0.1) is 0 Å². The minimum atomic E-state index is -4.43. The van der Waals surface area contributed by atoms with Gasteiger partial charge in [0.15, 0.2) is 0 Å². The largest absolute Gasteiger partial charge is 0.417 e. The number of hydrogen-bond donors (Lipinski definition) is 1. The van der Waals surface area contributed by atoms with Crippen LogP contribution in [-0.2, 0) is 6.18 Å². The topological polar surface area (TPSA) is 68.0 Å². The van der Waals surface area contributed by atoms with Crippen molar-refractivity contribution >= 4 is 12.0 Å². The first-order valence-corrected chi connectivity index (χ1v) is 8.88. The highest BCUT2D eigenvalue weighted by atomic mass is 19.4. The molecule has 0 aliphatic heterocycles. The molecule has 0 aliphatic rings. The Kier molecular flexibility index (Phi) is 5.25. The second kappa shape index (κ2) is 8.16. The van der Waals surface area contributed by atoms with Gasteiger partial charge < -0.3 is 0 Å².